The van der Waals surface area contributed by atoms with E-state index in [1.54, 1.807) is 12.1 Å². The van der Waals surface area contributed by atoms with Gasteiger partial charge in [0, 0.05) is 18.3 Å². The van der Waals surface area contributed by atoms with E-state index in [9.17, 15) is 22.8 Å². The Kier molecular flexibility index (Phi) is 7.71. The Balaban J connectivity index is 1.82. The summed E-state index contributed by atoms with van der Waals surface area (Å²) in [4.78, 5) is 34.8. The molecule has 2 amide bonds. The van der Waals surface area contributed by atoms with E-state index in [-0.39, 0.29) is 17.2 Å². The quantitative estimate of drug-likeness (QED) is 0.619. The van der Waals surface area contributed by atoms with Gasteiger partial charge in [-0.05, 0) is 61.4 Å². The maximum absolute atomic E-state index is 12.3. The molecule has 30 heavy (non-hydrogen) atoms. The van der Waals surface area contributed by atoms with E-state index in [0.717, 1.165) is 11.1 Å². The van der Waals surface area contributed by atoms with Crippen LogP contribution in [0.25, 0.3) is 0 Å². The second-order valence-electron chi connectivity index (χ2n) is 6.78. The summed E-state index contributed by atoms with van der Waals surface area (Å²) in [5, 5.41) is 5.16. The summed E-state index contributed by atoms with van der Waals surface area (Å²) < 4.78 is 29.5. The van der Waals surface area contributed by atoms with Crippen LogP contribution in [0.4, 0.5) is 11.4 Å². The number of sulfone groups is 1. The molecular formula is C21H24N2O6S. The van der Waals surface area contributed by atoms with Crippen molar-refractivity contribution in [3.63, 3.8) is 0 Å². The summed E-state index contributed by atoms with van der Waals surface area (Å²) in [5.41, 5.74) is 3.16. The maximum atomic E-state index is 12.3. The number of carbonyl (C=O) groups is 3. The zero-order valence-corrected chi connectivity index (χ0v) is 17.8. The number of hydrogen-bond acceptors (Lipinski definition) is 6. The fourth-order valence-corrected chi connectivity index (χ4v) is 3.74. The minimum atomic E-state index is -3.71. The molecule has 0 saturated carbocycles. The van der Waals surface area contributed by atoms with Gasteiger partial charge >= 0.3 is 5.97 Å². The number of aryl methyl sites for hydroxylation is 2. The van der Waals surface area contributed by atoms with Gasteiger partial charge in [0.05, 0.1) is 17.1 Å². The topological polar surface area (TPSA) is 119 Å². The molecule has 0 unspecified atom stereocenters. The number of hydrogen-bond donors (Lipinski definition) is 2. The lowest BCUT2D eigenvalue weighted by Gasteiger charge is -2.09. The number of esters is 1. The van der Waals surface area contributed by atoms with Gasteiger partial charge in [-0.2, -0.15) is 0 Å². The Morgan fingerprint density at radius 2 is 1.53 bits per heavy atom. The van der Waals surface area contributed by atoms with Crippen LogP contribution < -0.4 is 10.6 Å². The van der Waals surface area contributed by atoms with Crippen molar-refractivity contribution in [3.8, 4) is 0 Å². The number of anilines is 2. The molecule has 9 heteroatoms. The van der Waals surface area contributed by atoms with Crippen molar-refractivity contribution >= 4 is 39.0 Å². The second-order valence-corrected chi connectivity index (χ2v) is 8.89. The molecule has 0 heterocycles. The lowest BCUT2D eigenvalue weighted by molar-refractivity contribution is -0.146. The van der Waals surface area contributed by atoms with E-state index in [0.29, 0.717) is 11.4 Å². The van der Waals surface area contributed by atoms with Gasteiger partial charge in [-0.1, -0.05) is 6.07 Å². The highest BCUT2D eigenvalue weighted by atomic mass is 32.2. The summed E-state index contributed by atoms with van der Waals surface area (Å²) in [5.74, 6) is -2.02. The molecule has 0 atom stereocenters. The Labute approximate surface area is 175 Å². The summed E-state index contributed by atoms with van der Waals surface area (Å²) >= 11 is 0. The molecular weight excluding hydrogens is 408 g/mol. The molecule has 160 valence electrons. The van der Waals surface area contributed by atoms with Crippen LogP contribution in [0.5, 0.6) is 0 Å². The van der Waals surface area contributed by atoms with E-state index in [1.807, 2.05) is 19.9 Å². The summed E-state index contributed by atoms with van der Waals surface area (Å²) in [6.07, 6.45) is -0.382. The molecule has 0 radical (unpaired) electrons. The van der Waals surface area contributed by atoms with Gasteiger partial charge in [0.1, 0.15) is 0 Å². The van der Waals surface area contributed by atoms with Crippen molar-refractivity contribution in [1.82, 2.24) is 0 Å². The van der Waals surface area contributed by atoms with Gasteiger partial charge in [-0.3, -0.25) is 14.4 Å². The van der Waals surface area contributed by atoms with Crippen molar-refractivity contribution in [3.05, 3.63) is 53.6 Å². The van der Waals surface area contributed by atoms with E-state index in [2.05, 4.69) is 10.6 Å². The normalized spacial score (nSPS) is 10.9. The third-order valence-corrected chi connectivity index (χ3v) is 6.00. The van der Waals surface area contributed by atoms with E-state index < -0.39 is 34.1 Å². The van der Waals surface area contributed by atoms with Gasteiger partial charge in [0.2, 0.25) is 5.91 Å². The second kappa shape index (κ2) is 10.0. The number of ether oxygens (including phenoxy) is 1. The van der Waals surface area contributed by atoms with E-state index in [4.69, 9.17) is 4.74 Å². The van der Waals surface area contributed by atoms with Gasteiger partial charge in [0.15, 0.2) is 16.4 Å². The number of rotatable bonds is 8. The molecule has 0 aliphatic carbocycles. The van der Waals surface area contributed by atoms with Crippen molar-refractivity contribution in [2.24, 2.45) is 0 Å². The third-order valence-electron chi connectivity index (χ3n) is 4.26. The van der Waals surface area contributed by atoms with Crippen LogP contribution in [0, 0.1) is 13.8 Å². The SMILES string of the molecule is CC(=O)Nc1ccc(S(=O)(=O)CCC(=O)OCC(=O)Nc2ccc(C)c(C)c2)cc1. The lowest BCUT2D eigenvalue weighted by atomic mass is 10.1. The van der Waals surface area contributed by atoms with Crippen LogP contribution in [-0.4, -0.2) is 38.6 Å². The highest BCUT2D eigenvalue weighted by molar-refractivity contribution is 7.91. The van der Waals surface area contributed by atoms with Gasteiger partial charge in [-0.15, -0.1) is 0 Å². The first-order valence-corrected chi connectivity index (χ1v) is 10.9. The first-order valence-electron chi connectivity index (χ1n) is 9.20. The molecule has 2 N–H and O–H groups in total. The first-order chi connectivity index (χ1) is 14.1. The van der Waals surface area contributed by atoms with Crippen molar-refractivity contribution in [2.75, 3.05) is 23.0 Å². The zero-order valence-electron chi connectivity index (χ0n) is 17.0. The zero-order chi connectivity index (χ0) is 22.3. The predicted octanol–water partition coefficient (Wildman–Crippen LogP) is 2.61. The van der Waals surface area contributed by atoms with Crippen LogP contribution in [0.15, 0.2) is 47.4 Å². The number of carbonyl (C=O) groups excluding carboxylic acids is 3. The molecule has 0 saturated heterocycles. The van der Waals surface area contributed by atoms with Gasteiger partial charge in [-0.25, -0.2) is 8.42 Å². The average molecular weight is 432 g/mol. The molecule has 0 aromatic heterocycles. The van der Waals surface area contributed by atoms with Crippen molar-refractivity contribution in [2.45, 2.75) is 32.1 Å². The van der Waals surface area contributed by atoms with Gasteiger partial charge < -0.3 is 15.4 Å². The van der Waals surface area contributed by atoms with E-state index >= 15 is 0 Å². The fraction of sp³-hybridized carbons (Fsp3) is 0.286. The molecule has 8 nitrogen and oxygen atoms in total. The Morgan fingerprint density at radius 1 is 0.900 bits per heavy atom. The van der Waals surface area contributed by atoms with Crippen LogP contribution in [-0.2, 0) is 29.0 Å². The molecule has 0 spiro atoms. The molecule has 0 bridgehead atoms. The number of nitrogens with one attached hydrogen (secondary N) is 2. The molecule has 2 aromatic rings. The van der Waals surface area contributed by atoms with Crippen LogP contribution in [0.3, 0.4) is 0 Å². The lowest BCUT2D eigenvalue weighted by Crippen LogP contribution is -2.22. The maximum Gasteiger partial charge on any atom is 0.307 e. The average Bonchev–Trinajstić information content (AvgIpc) is 2.68. The molecule has 2 aromatic carbocycles. The van der Waals surface area contributed by atoms with Gasteiger partial charge in [0.25, 0.3) is 5.91 Å². The fourth-order valence-electron chi connectivity index (χ4n) is 2.52. The monoisotopic (exact) mass is 432 g/mol. The minimum absolute atomic E-state index is 0.0249. The highest BCUT2D eigenvalue weighted by Crippen LogP contribution is 2.17. The van der Waals surface area contributed by atoms with Crippen LogP contribution in [0.1, 0.15) is 24.5 Å². The summed E-state index contributed by atoms with van der Waals surface area (Å²) in [7, 11) is -3.71. The predicted molar refractivity (Wildman–Crippen MR) is 113 cm³/mol. The standard InChI is InChI=1S/C21H24N2O6S/c1-14-4-5-18(12-15(14)2)23-20(25)13-29-21(26)10-11-30(27,28)19-8-6-17(7-9-19)22-16(3)24/h4-9,12H,10-11,13H2,1-3H3,(H,22,24)(H,23,25). The third kappa shape index (κ3) is 7.00. The molecule has 0 fully saturated rings. The molecule has 0 aliphatic heterocycles. The Morgan fingerprint density at radius 3 is 2.13 bits per heavy atom. The molecule has 2 rings (SSSR count). The van der Waals surface area contributed by atoms with Crippen LogP contribution >= 0.6 is 0 Å². The highest BCUT2D eigenvalue weighted by Gasteiger charge is 2.18. The molecule has 0 aliphatic rings. The Bertz CT molecular complexity index is 1050. The smallest absolute Gasteiger partial charge is 0.307 e. The minimum Gasteiger partial charge on any atom is -0.456 e. The van der Waals surface area contributed by atoms with E-state index in [1.165, 1.54) is 31.2 Å². The van der Waals surface area contributed by atoms with Crippen LogP contribution in [0.2, 0.25) is 0 Å². The number of benzene rings is 2. The first kappa shape index (κ1) is 23.1. The van der Waals surface area contributed by atoms with Crippen molar-refractivity contribution in [1.29, 1.82) is 0 Å². The summed E-state index contributed by atoms with van der Waals surface area (Å²) in [6, 6.07) is 11.0. The number of amides is 2. The van der Waals surface area contributed by atoms with Crippen molar-refractivity contribution < 1.29 is 27.5 Å². The Hall–Kier alpha value is -3.20. The largest absolute Gasteiger partial charge is 0.456 e. The summed E-state index contributed by atoms with van der Waals surface area (Å²) in [6.45, 7) is 4.71.